The van der Waals surface area contributed by atoms with Gasteiger partial charge in [-0.3, -0.25) is 0 Å². The van der Waals surface area contributed by atoms with E-state index in [4.69, 9.17) is 16.3 Å². The summed E-state index contributed by atoms with van der Waals surface area (Å²) in [5.41, 5.74) is 1.13. The molecule has 0 amide bonds. The average molecular weight is 253 g/mol. The van der Waals surface area contributed by atoms with Crippen LogP contribution in [0.1, 0.15) is 38.7 Å². The molecule has 3 atom stereocenters. The van der Waals surface area contributed by atoms with Crippen LogP contribution in [-0.4, -0.2) is 6.10 Å². The van der Waals surface area contributed by atoms with Crippen LogP contribution in [0.25, 0.3) is 0 Å². The predicted octanol–water partition coefficient (Wildman–Crippen LogP) is 4.63. The van der Waals surface area contributed by atoms with E-state index in [-0.39, 0.29) is 0 Å². The molecule has 3 unspecified atom stereocenters. The second-order valence-electron chi connectivity index (χ2n) is 5.29. The summed E-state index contributed by atoms with van der Waals surface area (Å²) in [5.74, 6) is 3.12. The fourth-order valence-corrected chi connectivity index (χ4v) is 2.67. The van der Waals surface area contributed by atoms with Crippen molar-refractivity contribution in [2.45, 2.75) is 45.1 Å². The normalized spacial score (nSPS) is 29.0. The first kappa shape index (κ1) is 12.8. The lowest BCUT2D eigenvalue weighted by Gasteiger charge is -2.32. The smallest absolute Gasteiger partial charge is 0.120 e. The molecule has 0 heterocycles. The summed E-state index contributed by atoms with van der Waals surface area (Å²) < 4.78 is 6.06. The zero-order valence-electron chi connectivity index (χ0n) is 10.7. The lowest BCUT2D eigenvalue weighted by molar-refractivity contribution is 0.101. The third-order valence-electron chi connectivity index (χ3n) is 3.91. The van der Waals surface area contributed by atoms with Gasteiger partial charge in [-0.1, -0.05) is 26.0 Å². The van der Waals surface area contributed by atoms with E-state index in [1.807, 2.05) is 18.2 Å². The van der Waals surface area contributed by atoms with E-state index < -0.39 is 0 Å². The lowest BCUT2D eigenvalue weighted by Crippen LogP contribution is -2.28. The van der Waals surface area contributed by atoms with Gasteiger partial charge in [-0.2, -0.15) is 0 Å². The first-order valence-corrected chi connectivity index (χ1v) is 7.04. The van der Waals surface area contributed by atoms with Crippen molar-refractivity contribution in [2.75, 3.05) is 0 Å². The van der Waals surface area contributed by atoms with E-state index in [1.165, 1.54) is 19.3 Å². The molecule has 1 fully saturated rings. The quantitative estimate of drug-likeness (QED) is 0.713. The Bertz CT molecular complexity index is 364. The molecule has 1 aromatic rings. The lowest BCUT2D eigenvalue weighted by atomic mass is 9.80. The highest BCUT2D eigenvalue weighted by Gasteiger charge is 2.25. The summed E-state index contributed by atoms with van der Waals surface area (Å²) in [6.07, 6.45) is 4.01. The van der Waals surface area contributed by atoms with Crippen LogP contribution in [0.15, 0.2) is 24.3 Å². The average Bonchev–Trinajstić information content (AvgIpc) is 2.34. The first-order valence-electron chi connectivity index (χ1n) is 6.50. The Labute approximate surface area is 109 Å². The highest BCUT2D eigenvalue weighted by Crippen LogP contribution is 2.31. The third-order valence-corrected chi connectivity index (χ3v) is 4.21. The molecule has 1 aliphatic rings. The Morgan fingerprint density at radius 1 is 1.24 bits per heavy atom. The first-order chi connectivity index (χ1) is 8.19. The van der Waals surface area contributed by atoms with Crippen molar-refractivity contribution in [3.63, 3.8) is 0 Å². The molecular formula is C15H21ClO. The van der Waals surface area contributed by atoms with Gasteiger partial charge in [-0.05, 0) is 48.8 Å². The van der Waals surface area contributed by atoms with E-state index >= 15 is 0 Å². The van der Waals surface area contributed by atoms with Crippen molar-refractivity contribution in [1.82, 2.24) is 0 Å². The molecule has 1 aliphatic carbocycles. The van der Waals surface area contributed by atoms with Crippen LogP contribution in [0.3, 0.4) is 0 Å². The Hall–Kier alpha value is -0.690. The number of benzene rings is 1. The van der Waals surface area contributed by atoms with Gasteiger partial charge in [-0.15, -0.1) is 11.6 Å². The van der Waals surface area contributed by atoms with Gasteiger partial charge in [0.25, 0.3) is 0 Å². The highest BCUT2D eigenvalue weighted by atomic mass is 35.5. The highest BCUT2D eigenvalue weighted by molar-refractivity contribution is 6.17. The van der Waals surface area contributed by atoms with Gasteiger partial charge >= 0.3 is 0 Å². The molecule has 1 saturated carbocycles. The van der Waals surface area contributed by atoms with Crippen LogP contribution in [0.2, 0.25) is 0 Å². The largest absolute Gasteiger partial charge is 0.490 e. The minimum Gasteiger partial charge on any atom is -0.490 e. The fraction of sp³-hybridized carbons (Fsp3) is 0.600. The molecule has 2 rings (SSSR count). The summed E-state index contributed by atoms with van der Waals surface area (Å²) >= 11 is 5.83. The van der Waals surface area contributed by atoms with Gasteiger partial charge in [0.05, 0.1) is 6.10 Å². The third kappa shape index (κ3) is 3.38. The van der Waals surface area contributed by atoms with Gasteiger partial charge in [0.2, 0.25) is 0 Å². The Morgan fingerprint density at radius 3 is 2.76 bits per heavy atom. The molecule has 2 heteroatoms. The van der Waals surface area contributed by atoms with Gasteiger partial charge in [0.15, 0.2) is 0 Å². The second-order valence-corrected chi connectivity index (χ2v) is 5.56. The van der Waals surface area contributed by atoms with E-state index in [2.05, 4.69) is 19.9 Å². The fourth-order valence-electron chi connectivity index (χ4n) is 2.50. The molecule has 1 nitrogen and oxygen atoms in total. The zero-order chi connectivity index (χ0) is 12.3. The number of halogens is 1. The van der Waals surface area contributed by atoms with Gasteiger partial charge in [0.1, 0.15) is 5.75 Å². The molecule has 0 bridgehead atoms. The van der Waals surface area contributed by atoms with Crippen LogP contribution in [0, 0.1) is 11.8 Å². The van der Waals surface area contributed by atoms with E-state index in [9.17, 15) is 0 Å². The predicted molar refractivity (Wildman–Crippen MR) is 72.6 cm³/mol. The second kappa shape index (κ2) is 5.77. The number of hydrogen-bond donors (Lipinski definition) is 0. The number of ether oxygens (including phenoxy) is 1. The minimum atomic E-state index is 0.381. The number of alkyl halides is 1. The number of hydrogen-bond acceptors (Lipinski definition) is 1. The van der Waals surface area contributed by atoms with E-state index in [1.54, 1.807) is 0 Å². The molecule has 0 aliphatic heterocycles. The Morgan fingerprint density at radius 2 is 2.06 bits per heavy atom. The molecular weight excluding hydrogens is 232 g/mol. The Kier molecular flexibility index (Phi) is 4.33. The van der Waals surface area contributed by atoms with Crippen LogP contribution in [0.5, 0.6) is 5.75 Å². The topological polar surface area (TPSA) is 9.23 Å². The summed E-state index contributed by atoms with van der Waals surface area (Å²) in [5, 5.41) is 0. The standard InChI is InChI=1S/C15H21ClO/c1-11-6-7-15(8-12(11)2)17-14-5-3-4-13(9-14)10-16/h3-5,9,11-12,15H,6-8,10H2,1-2H3. The minimum absolute atomic E-state index is 0.381. The van der Waals surface area contributed by atoms with Crippen molar-refractivity contribution in [3.8, 4) is 5.75 Å². The van der Waals surface area contributed by atoms with Crippen molar-refractivity contribution in [3.05, 3.63) is 29.8 Å². The van der Waals surface area contributed by atoms with E-state index in [0.29, 0.717) is 12.0 Å². The van der Waals surface area contributed by atoms with Gasteiger partial charge < -0.3 is 4.74 Å². The summed E-state index contributed by atoms with van der Waals surface area (Å²) in [6.45, 7) is 4.67. The molecule has 17 heavy (non-hydrogen) atoms. The SMILES string of the molecule is CC1CCC(Oc2cccc(CCl)c2)CC1C. The molecule has 0 N–H and O–H groups in total. The molecule has 94 valence electrons. The van der Waals surface area contributed by atoms with Crippen LogP contribution < -0.4 is 4.74 Å². The van der Waals surface area contributed by atoms with Gasteiger partial charge in [0, 0.05) is 5.88 Å². The van der Waals surface area contributed by atoms with Crippen LogP contribution in [-0.2, 0) is 5.88 Å². The van der Waals surface area contributed by atoms with Crippen LogP contribution >= 0.6 is 11.6 Å². The monoisotopic (exact) mass is 252 g/mol. The maximum absolute atomic E-state index is 6.06. The number of rotatable bonds is 3. The van der Waals surface area contributed by atoms with Crippen LogP contribution in [0.4, 0.5) is 0 Å². The molecule has 0 spiro atoms. The molecule has 0 aromatic heterocycles. The molecule has 0 saturated heterocycles. The van der Waals surface area contributed by atoms with Gasteiger partial charge in [-0.25, -0.2) is 0 Å². The summed E-state index contributed by atoms with van der Waals surface area (Å²) in [4.78, 5) is 0. The summed E-state index contributed by atoms with van der Waals surface area (Å²) in [6, 6.07) is 8.13. The Balaban J connectivity index is 1.96. The van der Waals surface area contributed by atoms with E-state index in [0.717, 1.165) is 23.1 Å². The maximum atomic E-state index is 6.06. The van der Waals surface area contributed by atoms with Crippen molar-refractivity contribution < 1.29 is 4.74 Å². The molecule has 0 radical (unpaired) electrons. The van der Waals surface area contributed by atoms with Crippen molar-refractivity contribution >= 4 is 11.6 Å². The molecule has 1 aromatic carbocycles. The maximum Gasteiger partial charge on any atom is 0.120 e. The summed E-state index contributed by atoms with van der Waals surface area (Å²) in [7, 11) is 0. The van der Waals surface area contributed by atoms with Crippen molar-refractivity contribution in [2.24, 2.45) is 11.8 Å². The van der Waals surface area contributed by atoms with Crippen molar-refractivity contribution in [1.29, 1.82) is 0 Å². The zero-order valence-corrected chi connectivity index (χ0v) is 11.4.